The predicted octanol–water partition coefficient (Wildman–Crippen LogP) is 2.83. The standard InChI is InChI=1S/C16H15ClN2O3/c17-13-5-1-11(2-6-13)3-8-16(22)19-18-10-12-4-7-14(20)9-15(12)21/h1-2,4-7,9-10,20-21H,3,8H2,(H,19,22)/b18-10+. The van der Waals surface area contributed by atoms with Crippen LogP contribution >= 0.6 is 11.6 Å². The van der Waals surface area contributed by atoms with Crippen molar-refractivity contribution in [1.82, 2.24) is 5.43 Å². The van der Waals surface area contributed by atoms with Crippen molar-refractivity contribution in [2.45, 2.75) is 12.8 Å². The molecule has 6 heteroatoms. The molecular formula is C16H15ClN2O3. The Labute approximate surface area is 132 Å². The summed E-state index contributed by atoms with van der Waals surface area (Å²) in [6, 6.07) is 11.4. The van der Waals surface area contributed by atoms with Gasteiger partial charge < -0.3 is 10.2 Å². The summed E-state index contributed by atoms with van der Waals surface area (Å²) in [5.41, 5.74) is 3.80. The van der Waals surface area contributed by atoms with Crippen LogP contribution in [0.2, 0.25) is 5.02 Å². The van der Waals surface area contributed by atoms with Gasteiger partial charge in [0.2, 0.25) is 5.91 Å². The molecule has 0 spiro atoms. The fourth-order valence-corrected chi connectivity index (χ4v) is 1.91. The zero-order valence-electron chi connectivity index (χ0n) is 11.7. The molecule has 0 aliphatic carbocycles. The molecule has 0 aliphatic rings. The zero-order valence-corrected chi connectivity index (χ0v) is 12.4. The van der Waals surface area contributed by atoms with Gasteiger partial charge in [0, 0.05) is 23.1 Å². The number of nitrogens with zero attached hydrogens (tertiary/aromatic N) is 1. The lowest BCUT2D eigenvalue weighted by Crippen LogP contribution is -2.17. The third kappa shape index (κ3) is 4.79. The maximum absolute atomic E-state index is 11.7. The minimum atomic E-state index is -0.232. The fraction of sp³-hybridized carbons (Fsp3) is 0.125. The molecule has 5 nitrogen and oxygen atoms in total. The van der Waals surface area contributed by atoms with Crippen LogP contribution in [0.4, 0.5) is 0 Å². The lowest BCUT2D eigenvalue weighted by molar-refractivity contribution is -0.121. The SMILES string of the molecule is O=C(CCc1ccc(Cl)cc1)N/N=C/c1ccc(O)cc1O. The fourth-order valence-electron chi connectivity index (χ4n) is 1.78. The van der Waals surface area contributed by atoms with Gasteiger partial charge in [-0.25, -0.2) is 5.43 Å². The van der Waals surface area contributed by atoms with Crippen LogP contribution in [0.3, 0.4) is 0 Å². The molecule has 0 bridgehead atoms. The van der Waals surface area contributed by atoms with E-state index in [9.17, 15) is 9.90 Å². The van der Waals surface area contributed by atoms with Crippen LogP contribution in [0, 0.1) is 0 Å². The summed E-state index contributed by atoms with van der Waals surface area (Å²) in [6.07, 6.45) is 2.19. The maximum Gasteiger partial charge on any atom is 0.240 e. The highest BCUT2D eigenvalue weighted by Crippen LogP contribution is 2.20. The Bertz CT molecular complexity index is 684. The van der Waals surface area contributed by atoms with Crippen molar-refractivity contribution in [1.29, 1.82) is 0 Å². The lowest BCUT2D eigenvalue weighted by Gasteiger charge is -2.02. The summed E-state index contributed by atoms with van der Waals surface area (Å²) >= 11 is 5.79. The molecular weight excluding hydrogens is 304 g/mol. The molecule has 2 rings (SSSR count). The molecule has 0 saturated carbocycles. The first-order valence-electron chi connectivity index (χ1n) is 6.63. The van der Waals surface area contributed by atoms with Gasteiger partial charge in [0.25, 0.3) is 0 Å². The number of hydrogen-bond donors (Lipinski definition) is 3. The van der Waals surface area contributed by atoms with E-state index in [-0.39, 0.29) is 17.4 Å². The number of benzene rings is 2. The van der Waals surface area contributed by atoms with E-state index < -0.39 is 0 Å². The van der Waals surface area contributed by atoms with Crippen molar-refractivity contribution in [2.24, 2.45) is 5.10 Å². The molecule has 114 valence electrons. The number of hydrazone groups is 1. The van der Waals surface area contributed by atoms with Gasteiger partial charge in [0.1, 0.15) is 11.5 Å². The van der Waals surface area contributed by atoms with Crippen LogP contribution in [0.15, 0.2) is 47.6 Å². The summed E-state index contributed by atoms with van der Waals surface area (Å²) in [7, 11) is 0. The summed E-state index contributed by atoms with van der Waals surface area (Å²) in [5, 5.41) is 23.2. The smallest absolute Gasteiger partial charge is 0.240 e. The molecule has 22 heavy (non-hydrogen) atoms. The topological polar surface area (TPSA) is 81.9 Å². The molecule has 0 fully saturated rings. The third-order valence-corrected chi connectivity index (χ3v) is 3.21. The Balaban J connectivity index is 1.82. The number of phenolic OH excluding ortho intramolecular Hbond substituents is 2. The van der Waals surface area contributed by atoms with Gasteiger partial charge >= 0.3 is 0 Å². The van der Waals surface area contributed by atoms with E-state index in [0.717, 1.165) is 5.56 Å². The number of rotatable bonds is 5. The third-order valence-electron chi connectivity index (χ3n) is 2.96. The highest BCUT2D eigenvalue weighted by atomic mass is 35.5. The number of aryl methyl sites for hydroxylation is 1. The minimum absolute atomic E-state index is 0.0401. The Morgan fingerprint density at radius 1 is 1.18 bits per heavy atom. The summed E-state index contributed by atoms with van der Waals surface area (Å²) in [5.74, 6) is -0.384. The Morgan fingerprint density at radius 2 is 1.91 bits per heavy atom. The first kappa shape index (κ1) is 15.9. The molecule has 3 N–H and O–H groups in total. The molecule has 0 saturated heterocycles. The van der Waals surface area contributed by atoms with Gasteiger partial charge in [-0.2, -0.15) is 5.10 Å². The molecule has 0 heterocycles. The second-order valence-electron chi connectivity index (χ2n) is 4.66. The van der Waals surface area contributed by atoms with Crippen LogP contribution < -0.4 is 5.43 Å². The highest BCUT2D eigenvalue weighted by molar-refractivity contribution is 6.30. The quantitative estimate of drug-likeness (QED) is 0.585. The molecule has 2 aromatic rings. The highest BCUT2D eigenvalue weighted by Gasteiger charge is 2.02. The maximum atomic E-state index is 11.7. The van der Waals surface area contributed by atoms with Gasteiger partial charge in [-0.05, 0) is 36.2 Å². The summed E-state index contributed by atoms with van der Waals surface area (Å²) in [4.78, 5) is 11.7. The van der Waals surface area contributed by atoms with Crippen molar-refractivity contribution in [3.05, 3.63) is 58.6 Å². The van der Waals surface area contributed by atoms with E-state index in [0.29, 0.717) is 23.4 Å². The number of nitrogens with one attached hydrogen (secondary N) is 1. The number of carbonyl (C=O) groups is 1. The van der Waals surface area contributed by atoms with Gasteiger partial charge in [0.15, 0.2) is 0 Å². The molecule has 0 aromatic heterocycles. The minimum Gasteiger partial charge on any atom is -0.508 e. The van der Waals surface area contributed by atoms with Gasteiger partial charge in [-0.1, -0.05) is 23.7 Å². The summed E-state index contributed by atoms with van der Waals surface area (Å²) < 4.78 is 0. The number of hydrogen-bond acceptors (Lipinski definition) is 4. The van der Waals surface area contributed by atoms with Crippen LogP contribution in [-0.4, -0.2) is 22.3 Å². The van der Waals surface area contributed by atoms with Crippen molar-refractivity contribution in [3.63, 3.8) is 0 Å². The van der Waals surface area contributed by atoms with Crippen LogP contribution in [0.1, 0.15) is 17.5 Å². The molecule has 2 aromatic carbocycles. The average molecular weight is 319 g/mol. The Kier molecular flexibility index (Phi) is 5.38. The zero-order chi connectivity index (χ0) is 15.9. The second-order valence-corrected chi connectivity index (χ2v) is 5.10. The van der Waals surface area contributed by atoms with Gasteiger partial charge in [0.05, 0.1) is 6.21 Å². The second kappa shape index (κ2) is 7.47. The van der Waals surface area contributed by atoms with Crippen molar-refractivity contribution < 1.29 is 15.0 Å². The molecule has 0 aliphatic heterocycles. The van der Waals surface area contributed by atoms with Crippen molar-refractivity contribution in [2.75, 3.05) is 0 Å². The summed E-state index contributed by atoms with van der Waals surface area (Å²) in [6.45, 7) is 0. The van der Waals surface area contributed by atoms with E-state index in [2.05, 4.69) is 10.5 Å². The average Bonchev–Trinajstić information content (AvgIpc) is 2.49. The van der Waals surface area contributed by atoms with E-state index in [1.54, 1.807) is 12.1 Å². The Morgan fingerprint density at radius 3 is 2.59 bits per heavy atom. The molecule has 0 radical (unpaired) electrons. The molecule has 0 unspecified atom stereocenters. The van der Waals surface area contributed by atoms with E-state index in [1.165, 1.54) is 24.4 Å². The predicted molar refractivity (Wildman–Crippen MR) is 85.3 cm³/mol. The first-order valence-corrected chi connectivity index (χ1v) is 7.01. The van der Waals surface area contributed by atoms with Crippen LogP contribution in [0.25, 0.3) is 0 Å². The number of aromatic hydroxyl groups is 2. The van der Waals surface area contributed by atoms with E-state index in [1.807, 2.05) is 12.1 Å². The normalized spacial score (nSPS) is 10.8. The van der Waals surface area contributed by atoms with E-state index >= 15 is 0 Å². The van der Waals surface area contributed by atoms with Crippen LogP contribution in [-0.2, 0) is 11.2 Å². The Hall–Kier alpha value is -2.53. The van der Waals surface area contributed by atoms with Gasteiger partial charge in [-0.15, -0.1) is 0 Å². The van der Waals surface area contributed by atoms with Gasteiger partial charge in [-0.3, -0.25) is 4.79 Å². The number of carbonyl (C=O) groups excluding carboxylic acids is 1. The van der Waals surface area contributed by atoms with Crippen molar-refractivity contribution >= 4 is 23.7 Å². The van der Waals surface area contributed by atoms with Crippen LogP contribution in [0.5, 0.6) is 11.5 Å². The number of halogens is 1. The largest absolute Gasteiger partial charge is 0.508 e. The number of amides is 1. The first-order chi connectivity index (χ1) is 10.5. The lowest BCUT2D eigenvalue weighted by atomic mass is 10.1. The van der Waals surface area contributed by atoms with Crippen molar-refractivity contribution in [3.8, 4) is 11.5 Å². The molecule has 1 amide bonds. The monoisotopic (exact) mass is 318 g/mol. The number of phenols is 2. The molecule has 0 atom stereocenters. The van der Waals surface area contributed by atoms with E-state index in [4.69, 9.17) is 16.7 Å².